The highest BCUT2D eigenvalue weighted by molar-refractivity contribution is 14.0. The summed E-state index contributed by atoms with van der Waals surface area (Å²) in [7, 11) is 1.76. The number of guanidine groups is 1. The molecule has 114 valence electrons. The topological polar surface area (TPSA) is 56.7 Å². The van der Waals surface area contributed by atoms with E-state index in [2.05, 4.69) is 33.1 Å². The summed E-state index contributed by atoms with van der Waals surface area (Å²) in [5.41, 5.74) is -0.573. The molecule has 2 heterocycles. The zero-order valence-electron chi connectivity index (χ0n) is 11.6. The van der Waals surface area contributed by atoms with Gasteiger partial charge in [0.15, 0.2) is 5.96 Å². The Hall–Kier alpha value is 0.01000. The largest absolute Gasteiger partial charge is 0.387 e. The van der Waals surface area contributed by atoms with E-state index in [0.717, 1.165) is 36.9 Å². The third kappa shape index (κ3) is 5.79. The van der Waals surface area contributed by atoms with Crippen molar-refractivity contribution in [2.75, 3.05) is 31.6 Å². The van der Waals surface area contributed by atoms with Gasteiger partial charge in [-0.05, 0) is 30.0 Å². The van der Waals surface area contributed by atoms with Gasteiger partial charge in [0.25, 0.3) is 0 Å². The molecule has 4 nitrogen and oxygen atoms in total. The van der Waals surface area contributed by atoms with E-state index in [1.807, 2.05) is 11.8 Å². The molecule has 0 spiro atoms. The normalized spacial score (nSPS) is 22.4. The van der Waals surface area contributed by atoms with Gasteiger partial charge in [0.1, 0.15) is 0 Å². The molecule has 0 amide bonds. The van der Waals surface area contributed by atoms with Gasteiger partial charge in [-0.15, -0.1) is 35.3 Å². The monoisotopic (exact) mass is 427 g/mol. The Bertz CT molecular complexity index is 406. The SMILES string of the molecule is CN=C(NCCc1cccs1)NCC1(O)CCSC1.I. The van der Waals surface area contributed by atoms with Crippen molar-refractivity contribution in [1.82, 2.24) is 10.6 Å². The fourth-order valence-corrected chi connectivity index (χ4v) is 3.97. The molecule has 1 saturated heterocycles. The van der Waals surface area contributed by atoms with Crippen LogP contribution in [0.15, 0.2) is 22.5 Å². The number of thioether (sulfide) groups is 1. The quantitative estimate of drug-likeness (QED) is 0.382. The fourth-order valence-electron chi connectivity index (χ4n) is 1.96. The van der Waals surface area contributed by atoms with Crippen molar-refractivity contribution in [3.8, 4) is 0 Å². The Labute approximate surface area is 145 Å². The Balaban J connectivity index is 0.00000200. The number of nitrogens with zero attached hydrogens (tertiary/aromatic N) is 1. The summed E-state index contributed by atoms with van der Waals surface area (Å²) >= 11 is 3.58. The van der Waals surface area contributed by atoms with Crippen molar-refractivity contribution >= 4 is 53.0 Å². The number of aliphatic imine (C=N–C) groups is 1. The van der Waals surface area contributed by atoms with Crippen molar-refractivity contribution in [3.05, 3.63) is 22.4 Å². The molecule has 1 unspecified atom stereocenters. The third-order valence-corrected chi connectivity index (χ3v) is 5.31. The number of hydrogen-bond donors (Lipinski definition) is 3. The van der Waals surface area contributed by atoms with E-state index in [0.29, 0.717) is 6.54 Å². The van der Waals surface area contributed by atoms with Gasteiger partial charge in [0, 0.05) is 30.8 Å². The average molecular weight is 427 g/mol. The van der Waals surface area contributed by atoms with E-state index in [1.165, 1.54) is 4.88 Å². The first-order valence-corrected chi connectivity index (χ1v) is 8.52. The van der Waals surface area contributed by atoms with Crippen LogP contribution in [0.25, 0.3) is 0 Å². The molecule has 20 heavy (non-hydrogen) atoms. The van der Waals surface area contributed by atoms with E-state index in [4.69, 9.17) is 0 Å². The van der Waals surface area contributed by atoms with Crippen LogP contribution < -0.4 is 10.6 Å². The Morgan fingerprint density at radius 1 is 1.50 bits per heavy atom. The van der Waals surface area contributed by atoms with E-state index in [1.54, 1.807) is 18.4 Å². The van der Waals surface area contributed by atoms with Crippen molar-refractivity contribution < 1.29 is 5.11 Å². The fraction of sp³-hybridized carbons (Fsp3) is 0.615. The Morgan fingerprint density at radius 2 is 2.35 bits per heavy atom. The van der Waals surface area contributed by atoms with Crippen LogP contribution in [0, 0.1) is 0 Å². The van der Waals surface area contributed by atoms with Gasteiger partial charge in [0.05, 0.1) is 5.60 Å². The molecule has 1 aliphatic rings. The second-order valence-corrected chi connectivity index (χ2v) is 6.85. The number of hydrogen-bond acceptors (Lipinski definition) is 4. The van der Waals surface area contributed by atoms with E-state index < -0.39 is 5.60 Å². The van der Waals surface area contributed by atoms with E-state index in [-0.39, 0.29) is 24.0 Å². The maximum atomic E-state index is 10.2. The summed E-state index contributed by atoms with van der Waals surface area (Å²) in [6, 6.07) is 4.21. The maximum Gasteiger partial charge on any atom is 0.191 e. The van der Waals surface area contributed by atoms with Crippen LogP contribution in [-0.4, -0.2) is 48.3 Å². The molecule has 1 aliphatic heterocycles. The first kappa shape index (κ1) is 18.1. The van der Waals surface area contributed by atoms with Crippen LogP contribution >= 0.6 is 47.1 Å². The summed E-state index contributed by atoms with van der Waals surface area (Å²) in [6.45, 7) is 1.42. The van der Waals surface area contributed by atoms with Crippen LogP contribution in [-0.2, 0) is 6.42 Å². The second kappa shape index (κ2) is 9.11. The van der Waals surface area contributed by atoms with Gasteiger partial charge in [-0.3, -0.25) is 4.99 Å². The highest BCUT2D eigenvalue weighted by atomic mass is 127. The molecule has 0 bridgehead atoms. The lowest BCUT2D eigenvalue weighted by molar-refractivity contribution is 0.0724. The predicted molar refractivity (Wildman–Crippen MR) is 99.7 cm³/mol. The molecule has 0 saturated carbocycles. The number of rotatable bonds is 5. The van der Waals surface area contributed by atoms with Crippen LogP contribution in [0.5, 0.6) is 0 Å². The minimum atomic E-state index is -0.573. The lowest BCUT2D eigenvalue weighted by Gasteiger charge is -2.23. The highest BCUT2D eigenvalue weighted by Gasteiger charge is 2.31. The first-order valence-electron chi connectivity index (χ1n) is 6.49. The molecule has 1 aromatic heterocycles. The van der Waals surface area contributed by atoms with Crippen molar-refractivity contribution in [2.24, 2.45) is 4.99 Å². The molecular formula is C13H22IN3OS2. The number of nitrogens with one attached hydrogen (secondary N) is 2. The zero-order valence-corrected chi connectivity index (χ0v) is 15.6. The lowest BCUT2D eigenvalue weighted by Crippen LogP contribution is -2.47. The standard InChI is InChI=1S/C13H21N3OS2.HI/c1-14-12(15-6-4-11-3-2-7-19-11)16-9-13(17)5-8-18-10-13;/h2-3,7,17H,4-6,8-10H2,1H3,(H2,14,15,16);1H. The van der Waals surface area contributed by atoms with Crippen molar-refractivity contribution in [2.45, 2.75) is 18.4 Å². The van der Waals surface area contributed by atoms with Gasteiger partial charge in [-0.2, -0.15) is 11.8 Å². The van der Waals surface area contributed by atoms with E-state index >= 15 is 0 Å². The summed E-state index contributed by atoms with van der Waals surface area (Å²) in [4.78, 5) is 5.55. The van der Waals surface area contributed by atoms with Gasteiger partial charge in [0.2, 0.25) is 0 Å². The van der Waals surface area contributed by atoms with Gasteiger partial charge < -0.3 is 15.7 Å². The number of halogens is 1. The Kier molecular flexibility index (Phi) is 8.23. The first-order chi connectivity index (χ1) is 9.22. The van der Waals surface area contributed by atoms with Crippen molar-refractivity contribution in [1.29, 1.82) is 0 Å². The Morgan fingerprint density at radius 3 is 2.95 bits per heavy atom. The van der Waals surface area contributed by atoms with Gasteiger partial charge in [-0.25, -0.2) is 0 Å². The molecule has 1 atom stereocenters. The summed E-state index contributed by atoms with van der Waals surface area (Å²) in [6.07, 6.45) is 1.86. The second-order valence-electron chi connectivity index (χ2n) is 4.71. The summed E-state index contributed by atoms with van der Waals surface area (Å²) in [5.74, 6) is 2.62. The smallest absolute Gasteiger partial charge is 0.191 e. The average Bonchev–Trinajstić information content (AvgIpc) is 3.06. The van der Waals surface area contributed by atoms with Crippen LogP contribution in [0.1, 0.15) is 11.3 Å². The van der Waals surface area contributed by atoms with Gasteiger partial charge >= 0.3 is 0 Å². The van der Waals surface area contributed by atoms with Gasteiger partial charge in [-0.1, -0.05) is 6.07 Å². The molecule has 1 aromatic rings. The summed E-state index contributed by atoms with van der Waals surface area (Å²) in [5, 5.41) is 18.8. The zero-order chi connectivity index (χ0) is 13.6. The minimum absolute atomic E-state index is 0. The molecule has 2 rings (SSSR count). The maximum absolute atomic E-state index is 10.2. The molecular weight excluding hydrogens is 405 g/mol. The van der Waals surface area contributed by atoms with Crippen molar-refractivity contribution in [3.63, 3.8) is 0 Å². The summed E-state index contributed by atoms with van der Waals surface area (Å²) < 4.78 is 0. The highest BCUT2D eigenvalue weighted by Crippen LogP contribution is 2.26. The van der Waals surface area contributed by atoms with Crippen LogP contribution in [0.2, 0.25) is 0 Å². The number of thiophene rings is 1. The molecule has 1 fully saturated rings. The van der Waals surface area contributed by atoms with Crippen LogP contribution in [0.4, 0.5) is 0 Å². The third-order valence-electron chi connectivity index (χ3n) is 3.13. The van der Waals surface area contributed by atoms with E-state index in [9.17, 15) is 5.11 Å². The molecule has 7 heteroatoms. The number of aliphatic hydroxyl groups is 1. The molecule has 3 N–H and O–H groups in total. The minimum Gasteiger partial charge on any atom is -0.387 e. The lowest BCUT2D eigenvalue weighted by atomic mass is 10.0. The molecule has 0 aliphatic carbocycles. The van der Waals surface area contributed by atoms with Crippen LogP contribution in [0.3, 0.4) is 0 Å². The predicted octanol–water partition coefficient (Wildman–Crippen LogP) is 1.94. The molecule has 0 aromatic carbocycles. The molecule has 0 radical (unpaired) electrons.